The summed E-state index contributed by atoms with van der Waals surface area (Å²) in [5.74, 6) is 4.69. The largest absolute Gasteiger partial charge is 0.305 e. The number of hydrogen-bond donors (Lipinski definition) is 1. The summed E-state index contributed by atoms with van der Waals surface area (Å²) in [4.78, 5) is 4.24. The van der Waals surface area contributed by atoms with Gasteiger partial charge in [0.1, 0.15) is 0 Å². The fraction of sp³-hybridized carbons (Fsp3) is 0.750. The van der Waals surface area contributed by atoms with Gasteiger partial charge in [0.2, 0.25) is 0 Å². The molecule has 1 radical (unpaired) electrons. The van der Waals surface area contributed by atoms with Gasteiger partial charge in [0.25, 0.3) is 0 Å². The predicted octanol–water partition coefficient (Wildman–Crippen LogP) is 0.491. The lowest BCUT2D eigenvalue weighted by atomic mass is 10.4. The van der Waals surface area contributed by atoms with Crippen molar-refractivity contribution in [3.8, 4) is 0 Å². The maximum Gasteiger partial charge on any atom is 0.0679 e. The summed E-state index contributed by atoms with van der Waals surface area (Å²) in [5.41, 5.74) is 0. The quantitative estimate of drug-likeness (QED) is 0.402. The molecule has 0 aromatic carbocycles. The molecule has 0 aliphatic carbocycles. The van der Waals surface area contributed by atoms with Crippen molar-refractivity contribution in [3.05, 3.63) is 6.92 Å². The molecule has 0 aromatic rings. The van der Waals surface area contributed by atoms with Gasteiger partial charge < -0.3 is 4.84 Å². The van der Waals surface area contributed by atoms with Crippen molar-refractivity contribution in [1.29, 1.82) is 0 Å². The minimum atomic E-state index is 0.628. The molecule has 2 heteroatoms. The fourth-order valence-corrected chi connectivity index (χ4v) is 0.185. The van der Waals surface area contributed by atoms with Crippen LogP contribution in [0.3, 0.4) is 0 Å². The van der Waals surface area contributed by atoms with Gasteiger partial charge in [-0.15, -0.1) is 0 Å². The van der Waals surface area contributed by atoms with Crippen molar-refractivity contribution in [3.63, 3.8) is 0 Å². The summed E-state index contributed by atoms with van der Waals surface area (Å²) in [6.45, 7) is 4.22. The topological polar surface area (TPSA) is 35.2 Å². The molecule has 6 heavy (non-hydrogen) atoms. The highest BCUT2D eigenvalue weighted by molar-refractivity contribution is 4.36. The average Bonchev–Trinajstić information content (AvgIpc) is 1.61. The van der Waals surface area contributed by atoms with Crippen molar-refractivity contribution in [1.82, 2.24) is 0 Å². The van der Waals surface area contributed by atoms with Crippen molar-refractivity contribution < 1.29 is 4.84 Å². The Bertz CT molecular complexity index is 19.5. The summed E-state index contributed by atoms with van der Waals surface area (Å²) in [7, 11) is 0. The molecular weight excluding hydrogens is 78.0 g/mol. The average molecular weight is 88.1 g/mol. The van der Waals surface area contributed by atoms with Crippen LogP contribution in [0.15, 0.2) is 0 Å². The standard InChI is InChI=1S/C4H10NO/c1-2-3-4-6-5/h1-5H2. The van der Waals surface area contributed by atoms with Gasteiger partial charge in [-0.2, -0.15) is 0 Å². The van der Waals surface area contributed by atoms with Gasteiger partial charge in [-0.1, -0.05) is 13.3 Å². The lowest BCUT2D eigenvalue weighted by Crippen LogP contribution is -1.99. The molecular formula is C4H10NO. The van der Waals surface area contributed by atoms with Gasteiger partial charge in [-0.3, -0.25) is 0 Å². The van der Waals surface area contributed by atoms with E-state index in [0.29, 0.717) is 6.61 Å². The van der Waals surface area contributed by atoms with E-state index in [9.17, 15) is 0 Å². The molecule has 37 valence electrons. The van der Waals surface area contributed by atoms with E-state index in [1.807, 2.05) is 0 Å². The first-order valence-electron chi connectivity index (χ1n) is 2.02. The third-order valence-corrected chi connectivity index (χ3v) is 0.512. The van der Waals surface area contributed by atoms with E-state index in [0.717, 1.165) is 12.8 Å². The highest BCUT2D eigenvalue weighted by Gasteiger charge is 1.75. The summed E-state index contributed by atoms with van der Waals surface area (Å²) in [6, 6.07) is 0. The van der Waals surface area contributed by atoms with Crippen LogP contribution >= 0.6 is 0 Å². The summed E-state index contributed by atoms with van der Waals surface area (Å²) in [5, 5.41) is 0. The third-order valence-electron chi connectivity index (χ3n) is 0.512. The first-order chi connectivity index (χ1) is 2.91. The lowest BCUT2D eigenvalue weighted by Gasteiger charge is -1.88. The van der Waals surface area contributed by atoms with Gasteiger partial charge in [0.05, 0.1) is 6.61 Å². The Hall–Kier alpha value is -0.0800. The van der Waals surface area contributed by atoms with E-state index in [4.69, 9.17) is 0 Å². The van der Waals surface area contributed by atoms with Gasteiger partial charge in [-0.05, 0) is 6.42 Å². The Kier molecular flexibility index (Phi) is 4.85. The van der Waals surface area contributed by atoms with Crippen LogP contribution in [0.2, 0.25) is 0 Å². The maximum atomic E-state index is 4.69. The molecule has 2 nitrogen and oxygen atoms in total. The molecule has 0 aromatic heterocycles. The van der Waals surface area contributed by atoms with Crippen molar-refractivity contribution in [2.24, 2.45) is 5.90 Å². The van der Waals surface area contributed by atoms with Gasteiger partial charge in [0.15, 0.2) is 0 Å². The zero-order valence-corrected chi connectivity index (χ0v) is 3.81. The van der Waals surface area contributed by atoms with Crippen molar-refractivity contribution in [2.75, 3.05) is 6.61 Å². The summed E-state index contributed by atoms with van der Waals surface area (Å²) < 4.78 is 0. The highest BCUT2D eigenvalue weighted by Crippen LogP contribution is 1.81. The molecule has 0 fully saturated rings. The fourth-order valence-electron chi connectivity index (χ4n) is 0.185. The first kappa shape index (κ1) is 5.92. The van der Waals surface area contributed by atoms with Crippen LogP contribution in [0.5, 0.6) is 0 Å². The molecule has 0 amide bonds. The summed E-state index contributed by atoms with van der Waals surface area (Å²) >= 11 is 0. The Labute approximate surface area is 38.2 Å². The normalized spacial score (nSPS) is 9.00. The first-order valence-corrected chi connectivity index (χ1v) is 2.02. The zero-order valence-electron chi connectivity index (χ0n) is 3.81. The minimum absolute atomic E-state index is 0.628. The molecule has 0 bridgehead atoms. The van der Waals surface area contributed by atoms with Gasteiger partial charge in [0, 0.05) is 0 Å². The SMILES string of the molecule is [CH2]CCCON. The molecule has 0 rings (SSSR count). The molecule has 0 saturated carbocycles. The number of rotatable bonds is 3. The van der Waals surface area contributed by atoms with Crippen LogP contribution in [-0.4, -0.2) is 6.61 Å². The minimum Gasteiger partial charge on any atom is -0.305 e. The van der Waals surface area contributed by atoms with E-state index in [-0.39, 0.29) is 0 Å². The Balaban J connectivity index is 2.34. The lowest BCUT2D eigenvalue weighted by molar-refractivity contribution is 0.136. The molecule has 0 heterocycles. The number of nitrogens with two attached hydrogens (primary N) is 1. The molecule has 2 N–H and O–H groups in total. The van der Waals surface area contributed by atoms with Crippen LogP contribution in [0.1, 0.15) is 12.8 Å². The molecule has 0 aliphatic rings. The third kappa shape index (κ3) is 3.92. The second-order valence-electron chi connectivity index (χ2n) is 1.08. The monoisotopic (exact) mass is 88.1 g/mol. The van der Waals surface area contributed by atoms with Crippen LogP contribution in [0, 0.1) is 6.92 Å². The Morgan fingerprint density at radius 3 is 2.50 bits per heavy atom. The smallest absolute Gasteiger partial charge is 0.0679 e. The van der Waals surface area contributed by atoms with E-state index in [1.54, 1.807) is 0 Å². The predicted molar refractivity (Wildman–Crippen MR) is 24.7 cm³/mol. The molecule has 0 aliphatic heterocycles. The highest BCUT2D eigenvalue weighted by atomic mass is 16.6. The molecule has 0 unspecified atom stereocenters. The number of unbranched alkanes of at least 4 members (excludes halogenated alkanes) is 1. The molecule has 0 atom stereocenters. The second kappa shape index (κ2) is 4.92. The van der Waals surface area contributed by atoms with Crippen LogP contribution < -0.4 is 5.90 Å². The summed E-state index contributed by atoms with van der Waals surface area (Å²) in [6.07, 6.45) is 1.85. The Morgan fingerprint density at radius 2 is 2.33 bits per heavy atom. The van der Waals surface area contributed by atoms with Gasteiger partial charge >= 0.3 is 0 Å². The van der Waals surface area contributed by atoms with Crippen molar-refractivity contribution >= 4 is 0 Å². The van der Waals surface area contributed by atoms with E-state index in [1.165, 1.54) is 0 Å². The number of hydrogen-bond acceptors (Lipinski definition) is 2. The van der Waals surface area contributed by atoms with Crippen LogP contribution in [0.25, 0.3) is 0 Å². The maximum absolute atomic E-state index is 4.69. The van der Waals surface area contributed by atoms with E-state index < -0.39 is 0 Å². The second-order valence-corrected chi connectivity index (χ2v) is 1.08. The zero-order chi connectivity index (χ0) is 4.83. The van der Waals surface area contributed by atoms with Gasteiger partial charge in [-0.25, -0.2) is 5.90 Å². The van der Waals surface area contributed by atoms with Crippen LogP contribution in [0.4, 0.5) is 0 Å². The van der Waals surface area contributed by atoms with Crippen molar-refractivity contribution in [2.45, 2.75) is 12.8 Å². The molecule has 0 spiro atoms. The van der Waals surface area contributed by atoms with E-state index >= 15 is 0 Å². The van der Waals surface area contributed by atoms with Crippen LogP contribution in [-0.2, 0) is 4.84 Å². The Morgan fingerprint density at radius 1 is 1.67 bits per heavy atom. The molecule has 0 saturated heterocycles. The van der Waals surface area contributed by atoms with E-state index in [2.05, 4.69) is 17.7 Å².